The maximum absolute atomic E-state index is 4.59. The van der Waals surface area contributed by atoms with Gasteiger partial charge in [0, 0.05) is 12.6 Å². The average Bonchev–Trinajstić information content (AvgIpc) is 2.91. The van der Waals surface area contributed by atoms with E-state index in [1.54, 1.807) is 0 Å². The van der Waals surface area contributed by atoms with E-state index >= 15 is 0 Å². The number of fused-ring (bicyclic) bond motifs is 3. The van der Waals surface area contributed by atoms with Crippen molar-refractivity contribution in [2.45, 2.75) is 45.6 Å². The average molecular weight is 256 g/mol. The minimum Gasteiger partial charge on any atom is -0.371 e. The lowest BCUT2D eigenvalue weighted by atomic mass is 9.87. The lowest BCUT2D eigenvalue weighted by Gasteiger charge is -2.39. The molecular formula is C15H20N4. The van der Waals surface area contributed by atoms with E-state index < -0.39 is 0 Å². The molecule has 0 amide bonds. The summed E-state index contributed by atoms with van der Waals surface area (Å²) in [6, 6.07) is 4.08. The SMILES string of the molecule is CCc1ncc2n1-c1ncccc1NC2(CC)CC. The maximum Gasteiger partial charge on any atom is 0.161 e. The molecule has 1 aliphatic rings. The summed E-state index contributed by atoms with van der Waals surface area (Å²) in [5.74, 6) is 2.06. The van der Waals surface area contributed by atoms with Crippen LogP contribution in [0.4, 0.5) is 5.69 Å². The van der Waals surface area contributed by atoms with Crippen molar-refractivity contribution in [2.24, 2.45) is 0 Å². The van der Waals surface area contributed by atoms with Crippen molar-refractivity contribution in [3.8, 4) is 5.82 Å². The summed E-state index contributed by atoms with van der Waals surface area (Å²) in [6.07, 6.45) is 6.84. The molecule has 0 saturated carbocycles. The van der Waals surface area contributed by atoms with Gasteiger partial charge in [0.25, 0.3) is 0 Å². The molecule has 4 heteroatoms. The predicted octanol–water partition coefficient (Wildman–Crippen LogP) is 3.27. The Balaban J connectivity index is 2.30. The second kappa shape index (κ2) is 4.37. The number of hydrogen-bond acceptors (Lipinski definition) is 3. The highest BCUT2D eigenvalue weighted by atomic mass is 15.2. The van der Waals surface area contributed by atoms with Crippen molar-refractivity contribution < 1.29 is 0 Å². The van der Waals surface area contributed by atoms with Crippen molar-refractivity contribution in [3.05, 3.63) is 36.0 Å². The number of aromatic nitrogens is 3. The van der Waals surface area contributed by atoms with Gasteiger partial charge in [-0.05, 0) is 25.0 Å². The van der Waals surface area contributed by atoms with Crippen LogP contribution in [0.25, 0.3) is 5.82 Å². The second-order valence-electron chi connectivity index (χ2n) is 5.04. The molecule has 0 spiro atoms. The Bertz CT molecular complexity index is 596. The van der Waals surface area contributed by atoms with Crippen LogP contribution in [0.1, 0.15) is 45.1 Å². The van der Waals surface area contributed by atoms with Gasteiger partial charge in [0.2, 0.25) is 0 Å². The predicted molar refractivity (Wildman–Crippen MR) is 76.6 cm³/mol. The van der Waals surface area contributed by atoms with Gasteiger partial charge in [0.1, 0.15) is 5.82 Å². The molecule has 1 aliphatic heterocycles. The van der Waals surface area contributed by atoms with E-state index in [4.69, 9.17) is 0 Å². The zero-order valence-electron chi connectivity index (χ0n) is 11.8. The van der Waals surface area contributed by atoms with Gasteiger partial charge in [0.15, 0.2) is 5.82 Å². The quantitative estimate of drug-likeness (QED) is 0.916. The van der Waals surface area contributed by atoms with Crippen molar-refractivity contribution in [1.29, 1.82) is 0 Å². The summed E-state index contributed by atoms with van der Waals surface area (Å²) in [6.45, 7) is 6.58. The first-order valence-electron chi connectivity index (χ1n) is 7.06. The van der Waals surface area contributed by atoms with Gasteiger partial charge in [-0.25, -0.2) is 9.97 Å². The van der Waals surface area contributed by atoms with E-state index in [9.17, 15) is 0 Å². The van der Waals surface area contributed by atoms with Gasteiger partial charge in [-0.15, -0.1) is 0 Å². The number of nitrogens with one attached hydrogen (secondary N) is 1. The lowest BCUT2D eigenvalue weighted by molar-refractivity contribution is 0.423. The van der Waals surface area contributed by atoms with Crippen LogP contribution in [0, 0.1) is 0 Å². The summed E-state index contributed by atoms with van der Waals surface area (Å²) >= 11 is 0. The van der Waals surface area contributed by atoms with E-state index in [2.05, 4.69) is 46.7 Å². The molecule has 0 unspecified atom stereocenters. The van der Waals surface area contributed by atoms with E-state index in [1.165, 1.54) is 5.69 Å². The molecule has 100 valence electrons. The van der Waals surface area contributed by atoms with Crippen LogP contribution >= 0.6 is 0 Å². The maximum atomic E-state index is 4.59. The molecule has 0 aliphatic carbocycles. The van der Waals surface area contributed by atoms with Gasteiger partial charge in [-0.1, -0.05) is 20.8 Å². The van der Waals surface area contributed by atoms with Gasteiger partial charge in [-0.3, -0.25) is 4.57 Å². The minimum atomic E-state index is -0.0313. The van der Waals surface area contributed by atoms with Crippen LogP contribution in [0.15, 0.2) is 24.5 Å². The van der Waals surface area contributed by atoms with E-state index in [-0.39, 0.29) is 5.54 Å². The Morgan fingerprint density at radius 3 is 2.68 bits per heavy atom. The van der Waals surface area contributed by atoms with Crippen LogP contribution in [0.2, 0.25) is 0 Å². The van der Waals surface area contributed by atoms with Gasteiger partial charge >= 0.3 is 0 Å². The van der Waals surface area contributed by atoms with Crippen LogP contribution in [-0.4, -0.2) is 14.5 Å². The number of aryl methyl sites for hydroxylation is 1. The summed E-state index contributed by atoms with van der Waals surface area (Å²) in [4.78, 5) is 9.13. The highest BCUT2D eigenvalue weighted by molar-refractivity contribution is 5.63. The van der Waals surface area contributed by atoms with Gasteiger partial charge in [0.05, 0.1) is 23.1 Å². The molecule has 0 aromatic carbocycles. The highest BCUT2D eigenvalue weighted by Crippen LogP contribution is 2.40. The Morgan fingerprint density at radius 2 is 2.00 bits per heavy atom. The summed E-state index contributed by atoms with van der Waals surface area (Å²) in [5.41, 5.74) is 2.31. The first-order chi connectivity index (χ1) is 9.25. The van der Waals surface area contributed by atoms with Gasteiger partial charge in [-0.2, -0.15) is 0 Å². The van der Waals surface area contributed by atoms with Crippen molar-refractivity contribution in [3.63, 3.8) is 0 Å². The van der Waals surface area contributed by atoms with Crippen molar-refractivity contribution in [1.82, 2.24) is 14.5 Å². The molecule has 19 heavy (non-hydrogen) atoms. The zero-order chi connectivity index (χ0) is 13.5. The Morgan fingerprint density at radius 1 is 1.21 bits per heavy atom. The molecule has 3 rings (SSSR count). The van der Waals surface area contributed by atoms with Crippen LogP contribution in [0.3, 0.4) is 0 Å². The van der Waals surface area contributed by atoms with Crippen molar-refractivity contribution >= 4 is 5.69 Å². The first kappa shape index (κ1) is 12.2. The normalized spacial score (nSPS) is 15.5. The third-order valence-electron chi connectivity index (χ3n) is 4.22. The van der Waals surface area contributed by atoms with E-state index in [0.717, 1.165) is 36.6 Å². The van der Waals surface area contributed by atoms with Crippen LogP contribution < -0.4 is 5.32 Å². The Hall–Kier alpha value is -1.84. The second-order valence-corrected chi connectivity index (χ2v) is 5.04. The third-order valence-corrected chi connectivity index (χ3v) is 4.22. The Labute approximate surface area is 113 Å². The molecule has 4 nitrogen and oxygen atoms in total. The highest BCUT2D eigenvalue weighted by Gasteiger charge is 2.37. The fraction of sp³-hybridized carbons (Fsp3) is 0.467. The van der Waals surface area contributed by atoms with Crippen LogP contribution in [-0.2, 0) is 12.0 Å². The van der Waals surface area contributed by atoms with E-state index in [1.807, 2.05) is 18.5 Å². The number of anilines is 1. The molecule has 2 aromatic heterocycles. The zero-order valence-corrected chi connectivity index (χ0v) is 11.8. The number of nitrogens with zero attached hydrogens (tertiary/aromatic N) is 3. The molecule has 0 fully saturated rings. The Kier molecular flexibility index (Phi) is 2.81. The topological polar surface area (TPSA) is 42.7 Å². The third kappa shape index (κ3) is 1.59. The standard InChI is InChI=1S/C15H20N4/c1-4-13-17-10-12-15(5-2,6-3)18-11-8-7-9-16-14(11)19(12)13/h7-10,18H,4-6H2,1-3H3. The summed E-state index contributed by atoms with van der Waals surface area (Å²) in [7, 11) is 0. The molecule has 1 N–H and O–H groups in total. The summed E-state index contributed by atoms with van der Waals surface area (Å²) in [5, 5.41) is 3.68. The molecule has 3 heterocycles. The largest absolute Gasteiger partial charge is 0.371 e. The van der Waals surface area contributed by atoms with Crippen molar-refractivity contribution in [2.75, 3.05) is 5.32 Å². The number of imidazole rings is 1. The number of pyridine rings is 1. The minimum absolute atomic E-state index is 0.0313. The van der Waals surface area contributed by atoms with E-state index in [0.29, 0.717) is 0 Å². The molecule has 0 bridgehead atoms. The van der Waals surface area contributed by atoms with Gasteiger partial charge < -0.3 is 5.32 Å². The molecule has 0 atom stereocenters. The smallest absolute Gasteiger partial charge is 0.161 e. The molecular weight excluding hydrogens is 236 g/mol. The van der Waals surface area contributed by atoms with Crippen LogP contribution in [0.5, 0.6) is 0 Å². The number of hydrogen-bond donors (Lipinski definition) is 1. The fourth-order valence-electron chi connectivity index (χ4n) is 3.00. The molecule has 0 saturated heterocycles. The fourth-order valence-corrected chi connectivity index (χ4v) is 3.00. The first-order valence-corrected chi connectivity index (χ1v) is 7.06. The monoisotopic (exact) mass is 256 g/mol. The molecule has 0 radical (unpaired) electrons. The number of rotatable bonds is 3. The summed E-state index contributed by atoms with van der Waals surface area (Å²) < 4.78 is 2.23. The lowest BCUT2D eigenvalue weighted by Crippen LogP contribution is -2.40. The molecule has 2 aromatic rings.